The molecule has 1 amide bonds. The van der Waals surface area contributed by atoms with Crippen LogP contribution in [0.4, 0.5) is 0 Å². The summed E-state index contributed by atoms with van der Waals surface area (Å²) < 4.78 is 5.12. The third kappa shape index (κ3) is 4.57. The van der Waals surface area contributed by atoms with Crippen molar-refractivity contribution in [3.63, 3.8) is 0 Å². The Morgan fingerprint density at radius 2 is 1.96 bits per heavy atom. The minimum atomic E-state index is -1.22. The summed E-state index contributed by atoms with van der Waals surface area (Å²) in [5, 5.41) is 24.5. The van der Waals surface area contributed by atoms with E-state index in [1.807, 2.05) is 0 Å². The number of phenolic OH excluding ortho intramolecular Hbond substituents is 1. The molecular formula is C18H17N2O5-. The molecule has 0 aliphatic heterocycles. The number of carboxylic acid groups (broad SMARTS) is 1. The highest BCUT2D eigenvalue weighted by molar-refractivity contribution is 6.01. The van der Waals surface area contributed by atoms with Crippen molar-refractivity contribution >= 4 is 17.6 Å². The van der Waals surface area contributed by atoms with Gasteiger partial charge >= 0.3 is 0 Å². The first-order valence-corrected chi connectivity index (χ1v) is 7.42. The lowest BCUT2D eigenvalue weighted by Crippen LogP contribution is -2.24. The van der Waals surface area contributed by atoms with Crippen LogP contribution in [-0.4, -0.2) is 29.8 Å². The third-order valence-corrected chi connectivity index (χ3v) is 3.51. The highest BCUT2D eigenvalue weighted by Gasteiger charge is 2.10. The van der Waals surface area contributed by atoms with Gasteiger partial charge in [-0.05, 0) is 42.8 Å². The molecule has 0 unspecified atom stereocenters. The summed E-state index contributed by atoms with van der Waals surface area (Å²) in [6.07, 6.45) is -0.297. The van der Waals surface area contributed by atoms with Crippen molar-refractivity contribution < 1.29 is 24.5 Å². The largest absolute Gasteiger partial charge is 0.550 e. The summed E-state index contributed by atoms with van der Waals surface area (Å²) in [5.41, 5.74) is 3.99. The zero-order valence-corrected chi connectivity index (χ0v) is 13.8. The number of phenols is 1. The third-order valence-electron chi connectivity index (χ3n) is 3.51. The van der Waals surface area contributed by atoms with Crippen molar-refractivity contribution in [3.05, 3.63) is 59.2 Å². The number of hydrogen-bond acceptors (Lipinski definition) is 6. The molecule has 7 nitrogen and oxygen atoms in total. The van der Waals surface area contributed by atoms with Gasteiger partial charge in [0.25, 0.3) is 5.91 Å². The second-order valence-electron chi connectivity index (χ2n) is 5.23. The van der Waals surface area contributed by atoms with Crippen molar-refractivity contribution in [2.45, 2.75) is 13.3 Å². The highest BCUT2D eigenvalue weighted by atomic mass is 16.5. The van der Waals surface area contributed by atoms with Crippen LogP contribution in [0.25, 0.3) is 0 Å². The van der Waals surface area contributed by atoms with E-state index in [9.17, 15) is 19.8 Å². The number of methoxy groups -OCH3 is 1. The zero-order chi connectivity index (χ0) is 18.4. The van der Waals surface area contributed by atoms with Gasteiger partial charge in [-0.1, -0.05) is 12.1 Å². The first-order chi connectivity index (χ1) is 11.9. The van der Waals surface area contributed by atoms with Crippen LogP contribution in [0.15, 0.2) is 47.6 Å². The van der Waals surface area contributed by atoms with Gasteiger partial charge in [-0.25, -0.2) is 5.43 Å². The highest BCUT2D eigenvalue weighted by Crippen LogP contribution is 2.21. The van der Waals surface area contributed by atoms with Crippen molar-refractivity contribution in [2.75, 3.05) is 7.11 Å². The number of hydrazone groups is 1. The molecule has 0 saturated carbocycles. The fourth-order valence-electron chi connectivity index (χ4n) is 2.22. The summed E-state index contributed by atoms with van der Waals surface area (Å²) in [4.78, 5) is 22.9. The van der Waals surface area contributed by atoms with Crippen LogP contribution in [-0.2, 0) is 11.2 Å². The number of carbonyl (C=O) groups is 2. The Morgan fingerprint density at radius 3 is 2.60 bits per heavy atom. The van der Waals surface area contributed by atoms with Crippen LogP contribution in [0.3, 0.4) is 0 Å². The molecule has 0 bridgehead atoms. The molecule has 0 atom stereocenters. The Hall–Kier alpha value is -3.35. The van der Waals surface area contributed by atoms with E-state index in [-0.39, 0.29) is 17.7 Å². The lowest BCUT2D eigenvalue weighted by molar-refractivity contribution is -0.304. The molecule has 2 aromatic rings. The minimum Gasteiger partial charge on any atom is -0.550 e. The number of para-hydroxylation sites is 1. The number of amides is 1. The van der Waals surface area contributed by atoms with E-state index in [1.54, 1.807) is 37.3 Å². The fraction of sp³-hybridized carbons (Fsp3) is 0.167. The predicted octanol–water partition coefficient (Wildman–Crippen LogP) is 0.847. The Labute approximate surface area is 144 Å². The number of aromatic hydroxyl groups is 1. The maximum Gasteiger partial charge on any atom is 0.275 e. The normalized spacial score (nSPS) is 11.0. The van der Waals surface area contributed by atoms with Crippen molar-refractivity contribution in [1.82, 2.24) is 5.43 Å². The van der Waals surface area contributed by atoms with E-state index < -0.39 is 11.9 Å². The number of carboxylic acids is 1. The molecule has 0 fully saturated rings. The lowest BCUT2D eigenvalue weighted by Gasteiger charge is -2.11. The van der Waals surface area contributed by atoms with Gasteiger partial charge in [0.2, 0.25) is 0 Å². The topological polar surface area (TPSA) is 111 Å². The minimum absolute atomic E-state index is 0.103. The molecule has 0 spiro atoms. The first-order valence-electron chi connectivity index (χ1n) is 7.42. The number of carbonyl (C=O) groups excluding carboxylic acids is 2. The Balaban J connectivity index is 2.20. The number of nitrogens with one attached hydrogen (secondary N) is 1. The van der Waals surface area contributed by atoms with Crippen molar-refractivity contribution in [2.24, 2.45) is 5.10 Å². The van der Waals surface area contributed by atoms with Gasteiger partial charge in [-0.3, -0.25) is 4.79 Å². The van der Waals surface area contributed by atoms with Crippen LogP contribution >= 0.6 is 0 Å². The van der Waals surface area contributed by atoms with E-state index in [2.05, 4.69) is 10.5 Å². The molecule has 0 saturated heterocycles. The molecule has 25 heavy (non-hydrogen) atoms. The zero-order valence-electron chi connectivity index (χ0n) is 13.8. The molecule has 0 aliphatic carbocycles. The lowest BCUT2D eigenvalue weighted by atomic mass is 10.0. The summed E-state index contributed by atoms with van der Waals surface area (Å²) in [5.74, 6) is -1.49. The second-order valence-corrected chi connectivity index (χ2v) is 5.23. The molecule has 0 aromatic heterocycles. The molecule has 7 heteroatoms. The van der Waals surface area contributed by atoms with Gasteiger partial charge in [-0.2, -0.15) is 5.10 Å². The second kappa shape index (κ2) is 7.96. The van der Waals surface area contributed by atoms with Gasteiger partial charge in [0.05, 0.1) is 18.4 Å². The average molecular weight is 341 g/mol. The van der Waals surface area contributed by atoms with E-state index in [0.29, 0.717) is 22.6 Å². The molecule has 0 radical (unpaired) electrons. The maximum atomic E-state index is 12.0. The van der Waals surface area contributed by atoms with Gasteiger partial charge in [-0.15, -0.1) is 0 Å². The van der Waals surface area contributed by atoms with Gasteiger partial charge < -0.3 is 19.7 Å². The Morgan fingerprint density at radius 1 is 1.24 bits per heavy atom. The first kappa shape index (κ1) is 18.0. The van der Waals surface area contributed by atoms with E-state index in [0.717, 1.165) is 0 Å². The molecule has 0 heterocycles. The van der Waals surface area contributed by atoms with Crippen molar-refractivity contribution in [1.29, 1.82) is 0 Å². The Kier molecular flexibility index (Phi) is 5.73. The number of rotatable bonds is 6. The number of ether oxygens (including phenoxy) is 1. The smallest absolute Gasteiger partial charge is 0.275 e. The average Bonchev–Trinajstić information content (AvgIpc) is 2.59. The van der Waals surface area contributed by atoms with Crippen LogP contribution in [0.5, 0.6) is 11.5 Å². The van der Waals surface area contributed by atoms with Crippen LogP contribution in [0, 0.1) is 0 Å². The van der Waals surface area contributed by atoms with Crippen LogP contribution < -0.4 is 15.3 Å². The predicted molar refractivity (Wildman–Crippen MR) is 89.5 cm³/mol. The number of benzene rings is 2. The molecule has 2 N–H and O–H groups in total. The van der Waals surface area contributed by atoms with Crippen LogP contribution in [0.2, 0.25) is 0 Å². The Bertz CT molecular complexity index is 830. The van der Waals surface area contributed by atoms with E-state index in [4.69, 9.17) is 4.74 Å². The summed E-state index contributed by atoms with van der Waals surface area (Å²) in [6.45, 7) is 1.66. The molecular weight excluding hydrogens is 324 g/mol. The van der Waals surface area contributed by atoms with Crippen LogP contribution in [0.1, 0.15) is 28.4 Å². The fourth-order valence-corrected chi connectivity index (χ4v) is 2.22. The van der Waals surface area contributed by atoms with E-state index in [1.165, 1.54) is 19.2 Å². The summed E-state index contributed by atoms with van der Waals surface area (Å²) in [6, 6.07) is 11.0. The summed E-state index contributed by atoms with van der Waals surface area (Å²) >= 11 is 0. The monoisotopic (exact) mass is 341 g/mol. The van der Waals surface area contributed by atoms with Gasteiger partial charge in [0.15, 0.2) is 0 Å². The summed E-state index contributed by atoms with van der Waals surface area (Å²) in [7, 11) is 1.45. The van der Waals surface area contributed by atoms with Gasteiger partial charge in [0, 0.05) is 18.0 Å². The quantitative estimate of drug-likeness (QED) is 0.598. The van der Waals surface area contributed by atoms with Crippen molar-refractivity contribution in [3.8, 4) is 11.5 Å². The maximum absolute atomic E-state index is 12.0. The molecule has 2 aromatic carbocycles. The van der Waals surface area contributed by atoms with E-state index >= 15 is 0 Å². The SMILES string of the molecule is COc1ccc(/C(C)=N\NC(=O)c2ccccc2O)cc1CC(=O)[O-]. The number of nitrogens with zero attached hydrogens (tertiary/aromatic N) is 1. The number of aliphatic carboxylic acids is 1. The standard InChI is InChI=1S/C18H18N2O5/c1-11(19-20-18(24)14-5-3-4-6-15(14)21)12-7-8-16(25-2)13(9-12)10-17(22)23/h3-9,21H,10H2,1-2H3,(H,20,24)(H,22,23)/p-1/b19-11-. The molecule has 0 aliphatic rings. The molecule has 130 valence electrons. The number of hydrogen-bond donors (Lipinski definition) is 2. The van der Waals surface area contributed by atoms with Gasteiger partial charge in [0.1, 0.15) is 11.5 Å². The molecule has 2 rings (SSSR count).